The molecule has 1 saturated carbocycles. The highest BCUT2D eigenvalue weighted by Crippen LogP contribution is 2.28. The lowest BCUT2D eigenvalue weighted by Gasteiger charge is -2.28. The van der Waals surface area contributed by atoms with Crippen LogP contribution >= 0.6 is 11.8 Å². The number of nitrogens with two attached hydrogens (primary N) is 1. The molecule has 1 aliphatic rings. The first kappa shape index (κ1) is 15.4. The first-order valence-electron chi connectivity index (χ1n) is 7.28. The number of benzene rings is 1. The Morgan fingerprint density at radius 1 is 1.40 bits per heavy atom. The second-order valence-corrected chi connectivity index (χ2v) is 6.71. The van der Waals surface area contributed by atoms with Crippen molar-refractivity contribution in [2.45, 2.75) is 43.9 Å². The minimum Gasteiger partial charge on any atom is -0.349 e. The van der Waals surface area contributed by atoms with Crippen LogP contribution in [0.2, 0.25) is 0 Å². The van der Waals surface area contributed by atoms with Gasteiger partial charge in [0.25, 0.3) is 0 Å². The molecule has 1 fully saturated rings. The standard InChI is InChI=1S/C16H24N2OS/c1-13-5-4-6-14(9-13)10-20-11-15(19)18-16(12-17)7-2-3-8-16/h4-6,9H,2-3,7-8,10-12,17H2,1H3,(H,18,19). The van der Waals surface area contributed by atoms with Crippen molar-refractivity contribution < 1.29 is 4.79 Å². The first-order valence-corrected chi connectivity index (χ1v) is 8.43. The van der Waals surface area contributed by atoms with Gasteiger partial charge in [0.1, 0.15) is 0 Å². The smallest absolute Gasteiger partial charge is 0.230 e. The highest BCUT2D eigenvalue weighted by atomic mass is 32.2. The van der Waals surface area contributed by atoms with Gasteiger partial charge in [0.2, 0.25) is 5.91 Å². The first-order chi connectivity index (χ1) is 9.63. The second kappa shape index (κ2) is 7.14. The van der Waals surface area contributed by atoms with Crippen molar-refractivity contribution in [2.75, 3.05) is 12.3 Å². The van der Waals surface area contributed by atoms with E-state index in [4.69, 9.17) is 5.73 Å². The molecule has 20 heavy (non-hydrogen) atoms. The van der Waals surface area contributed by atoms with Crippen molar-refractivity contribution in [3.05, 3.63) is 35.4 Å². The molecule has 1 aliphatic carbocycles. The monoisotopic (exact) mass is 292 g/mol. The molecule has 1 aromatic carbocycles. The number of carbonyl (C=O) groups excluding carboxylic acids is 1. The summed E-state index contributed by atoms with van der Waals surface area (Å²) in [6.45, 7) is 2.65. The molecular formula is C16H24N2OS. The zero-order valence-electron chi connectivity index (χ0n) is 12.2. The summed E-state index contributed by atoms with van der Waals surface area (Å²) in [6, 6.07) is 8.43. The average molecular weight is 292 g/mol. The van der Waals surface area contributed by atoms with Gasteiger partial charge in [-0.2, -0.15) is 0 Å². The maximum Gasteiger partial charge on any atom is 0.230 e. The predicted octanol–water partition coefficient (Wildman–Crippen LogP) is 2.62. The number of hydrogen-bond acceptors (Lipinski definition) is 3. The highest BCUT2D eigenvalue weighted by molar-refractivity contribution is 7.99. The number of rotatable bonds is 6. The van der Waals surface area contributed by atoms with E-state index in [2.05, 4.69) is 36.5 Å². The third-order valence-electron chi connectivity index (χ3n) is 3.94. The van der Waals surface area contributed by atoms with E-state index in [1.165, 1.54) is 24.0 Å². The summed E-state index contributed by atoms with van der Waals surface area (Å²) in [5.41, 5.74) is 8.25. The normalized spacial score (nSPS) is 17.1. The fraction of sp³-hybridized carbons (Fsp3) is 0.562. The summed E-state index contributed by atoms with van der Waals surface area (Å²) in [5.74, 6) is 1.51. The van der Waals surface area contributed by atoms with Gasteiger partial charge in [-0.3, -0.25) is 4.79 Å². The second-order valence-electron chi connectivity index (χ2n) is 5.72. The molecule has 110 valence electrons. The summed E-state index contributed by atoms with van der Waals surface area (Å²) in [7, 11) is 0. The van der Waals surface area contributed by atoms with Gasteiger partial charge in [-0.25, -0.2) is 0 Å². The minimum atomic E-state index is -0.124. The lowest BCUT2D eigenvalue weighted by Crippen LogP contribution is -2.52. The summed E-state index contributed by atoms with van der Waals surface area (Å²) < 4.78 is 0. The molecule has 0 spiro atoms. The van der Waals surface area contributed by atoms with E-state index in [9.17, 15) is 4.79 Å². The Labute approximate surface area is 125 Å². The van der Waals surface area contributed by atoms with Crippen LogP contribution in [0.5, 0.6) is 0 Å². The van der Waals surface area contributed by atoms with E-state index in [1.807, 2.05) is 0 Å². The van der Waals surface area contributed by atoms with Gasteiger partial charge in [0.05, 0.1) is 11.3 Å². The van der Waals surface area contributed by atoms with Crippen LogP contribution in [0, 0.1) is 6.92 Å². The molecule has 0 heterocycles. The Hall–Kier alpha value is -1.00. The van der Waals surface area contributed by atoms with E-state index < -0.39 is 0 Å². The van der Waals surface area contributed by atoms with E-state index >= 15 is 0 Å². The number of amides is 1. The Morgan fingerprint density at radius 3 is 2.80 bits per heavy atom. The van der Waals surface area contributed by atoms with Crippen LogP contribution in [0.3, 0.4) is 0 Å². The average Bonchev–Trinajstić information content (AvgIpc) is 2.88. The van der Waals surface area contributed by atoms with Crippen molar-refractivity contribution in [3.63, 3.8) is 0 Å². The van der Waals surface area contributed by atoms with Gasteiger partial charge in [-0.05, 0) is 25.3 Å². The van der Waals surface area contributed by atoms with Gasteiger partial charge in [-0.1, -0.05) is 42.7 Å². The SMILES string of the molecule is Cc1cccc(CSCC(=O)NC2(CN)CCCC2)c1. The molecule has 0 atom stereocenters. The number of thioether (sulfide) groups is 1. The molecule has 0 radical (unpaired) electrons. The van der Waals surface area contributed by atoms with Gasteiger partial charge in [0.15, 0.2) is 0 Å². The molecule has 4 heteroatoms. The number of aryl methyl sites for hydroxylation is 1. The Morgan fingerprint density at radius 2 is 2.15 bits per heavy atom. The minimum absolute atomic E-state index is 0.120. The van der Waals surface area contributed by atoms with Crippen LogP contribution in [0.15, 0.2) is 24.3 Å². The van der Waals surface area contributed by atoms with Gasteiger partial charge >= 0.3 is 0 Å². The van der Waals surface area contributed by atoms with Crippen LogP contribution in [0.4, 0.5) is 0 Å². The maximum absolute atomic E-state index is 12.0. The van der Waals surface area contributed by atoms with Gasteiger partial charge in [0, 0.05) is 12.3 Å². The van der Waals surface area contributed by atoms with Crippen molar-refractivity contribution >= 4 is 17.7 Å². The lowest BCUT2D eigenvalue weighted by molar-refractivity contribution is -0.120. The Bertz CT molecular complexity index is 456. The summed E-state index contributed by atoms with van der Waals surface area (Å²) in [4.78, 5) is 12.0. The van der Waals surface area contributed by atoms with Gasteiger partial charge in [-0.15, -0.1) is 11.8 Å². The van der Waals surface area contributed by atoms with Crippen LogP contribution in [-0.2, 0) is 10.5 Å². The molecular weight excluding hydrogens is 268 g/mol. The Balaban J connectivity index is 1.75. The Kier molecular flexibility index (Phi) is 5.49. The largest absolute Gasteiger partial charge is 0.349 e. The van der Waals surface area contributed by atoms with Crippen LogP contribution in [0.1, 0.15) is 36.8 Å². The summed E-state index contributed by atoms with van der Waals surface area (Å²) >= 11 is 1.66. The van der Waals surface area contributed by atoms with Crippen molar-refractivity contribution in [1.29, 1.82) is 0 Å². The van der Waals surface area contributed by atoms with E-state index in [1.54, 1.807) is 11.8 Å². The maximum atomic E-state index is 12.0. The number of nitrogens with one attached hydrogen (secondary N) is 1. The number of carbonyl (C=O) groups is 1. The molecule has 1 amide bonds. The third-order valence-corrected chi connectivity index (χ3v) is 4.94. The summed E-state index contributed by atoms with van der Waals surface area (Å²) in [5, 5.41) is 3.15. The zero-order valence-corrected chi connectivity index (χ0v) is 13.0. The van der Waals surface area contributed by atoms with Crippen molar-refractivity contribution in [3.8, 4) is 0 Å². The van der Waals surface area contributed by atoms with Crippen LogP contribution in [-0.4, -0.2) is 23.7 Å². The van der Waals surface area contributed by atoms with E-state index in [0.717, 1.165) is 18.6 Å². The fourth-order valence-corrected chi connectivity index (χ4v) is 3.60. The fourth-order valence-electron chi connectivity index (χ4n) is 2.83. The van der Waals surface area contributed by atoms with E-state index in [0.29, 0.717) is 12.3 Å². The van der Waals surface area contributed by atoms with Crippen molar-refractivity contribution in [2.24, 2.45) is 5.73 Å². The van der Waals surface area contributed by atoms with Gasteiger partial charge < -0.3 is 11.1 Å². The molecule has 0 bridgehead atoms. The zero-order chi connectivity index (χ0) is 14.4. The van der Waals surface area contributed by atoms with Crippen molar-refractivity contribution in [1.82, 2.24) is 5.32 Å². The van der Waals surface area contributed by atoms with E-state index in [-0.39, 0.29) is 11.4 Å². The highest BCUT2D eigenvalue weighted by Gasteiger charge is 2.33. The molecule has 0 aromatic heterocycles. The summed E-state index contributed by atoms with van der Waals surface area (Å²) in [6.07, 6.45) is 4.40. The molecule has 0 unspecified atom stereocenters. The molecule has 2 rings (SSSR count). The predicted molar refractivity (Wildman–Crippen MR) is 85.7 cm³/mol. The molecule has 0 saturated heterocycles. The molecule has 3 N–H and O–H groups in total. The molecule has 0 aliphatic heterocycles. The van der Waals surface area contributed by atoms with Crippen LogP contribution in [0.25, 0.3) is 0 Å². The lowest BCUT2D eigenvalue weighted by atomic mass is 9.98. The topological polar surface area (TPSA) is 55.1 Å². The molecule has 3 nitrogen and oxygen atoms in total. The molecule has 1 aromatic rings. The number of hydrogen-bond donors (Lipinski definition) is 2. The van der Waals surface area contributed by atoms with Crippen LogP contribution < -0.4 is 11.1 Å². The quantitative estimate of drug-likeness (QED) is 0.847. The third kappa shape index (κ3) is 4.25.